The molecule has 1 fully saturated rings. The van der Waals surface area contributed by atoms with Gasteiger partial charge in [0.1, 0.15) is 12.4 Å². The number of hydrogen-bond donors (Lipinski definition) is 1. The highest BCUT2D eigenvalue weighted by Gasteiger charge is 2.33. The highest BCUT2D eigenvalue weighted by molar-refractivity contribution is 5.74. The average Bonchev–Trinajstić information content (AvgIpc) is 2.88. The number of rotatable bonds is 4. The SMILES string of the molecule is O=C(O)CN(c1ccc(C(F)(F)F)cc1F)C1CCCC1. The Kier molecular flexibility index (Phi) is 4.39. The fourth-order valence-corrected chi connectivity index (χ4v) is 2.69. The van der Waals surface area contributed by atoms with Crippen LogP contribution in [0.4, 0.5) is 23.2 Å². The number of benzene rings is 1. The van der Waals surface area contributed by atoms with E-state index in [1.54, 1.807) is 0 Å². The molecule has 1 saturated carbocycles. The van der Waals surface area contributed by atoms with Gasteiger partial charge in [-0.3, -0.25) is 4.79 Å². The number of carboxylic acid groups (broad SMARTS) is 1. The number of alkyl halides is 3. The number of carboxylic acids is 1. The molecule has 0 bridgehead atoms. The second-order valence-electron chi connectivity index (χ2n) is 5.12. The van der Waals surface area contributed by atoms with Gasteiger partial charge < -0.3 is 10.0 Å². The van der Waals surface area contributed by atoms with Gasteiger partial charge in [-0.25, -0.2) is 4.39 Å². The lowest BCUT2D eigenvalue weighted by Crippen LogP contribution is -2.38. The van der Waals surface area contributed by atoms with Crippen molar-refractivity contribution in [3.63, 3.8) is 0 Å². The third-order valence-electron chi connectivity index (χ3n) is 3.66. The molecule has 1 aliphatic rings. The highest BCUT2D eigenvalue weighted by atomic mass is 19.4. The van der Waals surface area contributed by atoms with Crippen molar-refractivity contribution < 1.29 is 27.5 Å². The molecule has 0 amide bonds. The molecule has 1 aromatic carbocycles. The zero-order valence-electron chi connectivity index (χ0n) is 11.2. The van der Waals surface area contributed by atoms with E-state index >= 15 is 0 Å². The maximum absolute atomic E-state index is 14.0. The fourth-order valence-electron chi connectivity index (χ4n) is 2.69. The summed E-state index contributed by atoms with van der Waals surface area (Å²) >= 11 is 0. The normalized spacial score (nSPS) is 16.2. The summed E-state index contributed by atoms with van der Waals surface area (Å²) in [5.41, 5.74) is -1.16. The second kappa shape index (κ2) is 5.91. The summed E-state index contributed by atoms with van der Waals surface area (Å²) < 4.78 is 51.6. The van der Waals surface area contributed by atoms with E-state index in [-0.39, 0.29) is 11.7 Å². The van der Waals surface area contributed by atoms with Crippen LogP contribution in [0.15, 0.2) is 18.2 Å². The Hall–Kier alpha value is -1.79. The molecule has 0 aliphatic heterocycles. The van der Waals surface area contributed by atoms with Crippen LogP contribution in [0.25, 0.3) is 0 Å². The first-order valence-corrected chi connectivity index (χ1v) is 6.64. The van der Waals surface area contributed by atoms with Crippen LogP contribution in [0, 0.1) is 5.82 Å². The molecule has 0 saturated heterocycles. The number of halogens is 4. The van der Waals surface area contributed by atoms with Gasteiger partial charge in [-0.2, -0.15) is 13.2 Å². The van der Waals surface area contributed by atoms with Gasteiger partial charge in [0.25, 0.3) is 0 Å². The molecule has 116 valence electrons. The van der Waals surface area contributed by atoms with Crippen LogP contribution in [0.3, 0.4) is 0 Å². The first-order valence-electron chi connectivity index (χ1n) is 6.64. The van der Waals surface area contributed by atoms with Crippen LogP contribution >= 0.6 is 0 Å². The lowest BCUT2D eigenvalue weighted by molar-refractivity contribution is -0.138. The molecular weight excluding hydrogens is 290 g/mol. The van der Waals surface area contributed by atoms with Crippen molar-refractivity contribution in [2.75, 3.05) is 11.4 Å². The summed E-state index contributed by atoms with van der Waals surface area (Å²) in [7, 11) is 0. The maximum Gasteiger partial charge on any atom is 0.416 e. The van der Waals surface area contributed by atoms with Crippen LogP contribution in [-0.2, 0) is 11.0 Å². The number of aliphatic carboxylic acids is 1. The van der Waals surface area contributed by atoms with E-state index < -0.39 is 30.1 Å². The largest absolute Gasteiger partial charge is 0.480 e. The van der Waals surface area contributed by atoms with Crippen molar-refractivity contribution in [3.8, 4) is 0 Å². The van der Waals surface area contributed by atoms with E-state index in [4.69, 9.17) is 5.11 Å². The zero-order valence-corrected chi connectivity index (χ0v) is 11.2. The minimum Gasteiger partial charge on any atom is -0.480 e. The first-order chi connectivity index (χ1) is 9.79. The second-order valence-corrected chi connectivity index (χ2v) is 5.12. The van der Waals surface area contributed by atoms with E-state index in [1.165, 1.54) is 4.90 Å². The molecule has 3 nitrogen and oxygen atoms in total. The molecule has 0 spiro atoms. The number of carbonyl (C=O) groups is 1. The van der Waals surface area contributed by atoms with E-state index in [0.717, 1.165) is 25.0 Å². The van der Waals surface area contributed by atoms with Crippen LogP contribution < -0.4 is 4.90 Å². The fraction of sp³-hybridized carbons (Fsp3) is 0.500. The first kappa shape index (κ1) is 15.6. The van der Waals surface area contributed by atoms with Gasteiger partial charge in [0, 0.05) is 6.04 Å². The molecule has 7 heteroatoms. The Bertz CT molecular complexity index is 524. The quantitative estimate of drug-likeness (QED) is 0.863. The van der Waals surface area contributed by atoms with Crippen molar-refractivity contribution >= 4 is 11.7 Å². The predicted octanol–water partition coefficient (Wildman–Crippen LogP) is 3.68. The molecule has 2 rings (SSSR count). The molecule has 21 heavy (non-hydrogen) atoms. The Morgan fingerprint density at radius 2 is 1.90 bits per heavy atom. The van der Waals surface area contributed by atoms with E-state index in [0.29, 0.717) is 18.9 Å². The summed E-state index contributed by atoms with van der Waals surface area (Å²) in [5.74, 6) is -2.18. The average molecular weight is 305 g/mol. The third-order valence-corrected chi connectivity index (χ3v) is 3.66. The van der Waals surface area contributed by atoms with Crippen LogP contribution in [0.5, 0.6) is 0 Å². The summed E-state index contributed by atoms with van der Waals surface area (Å²) in [6.07, 6.45) is -1.38. The Labute approximate surface area is 119 Å². The standard InChI is InChI=1S/C14H15F4NO2/c15-11-7-9(14(16,17)18)5-6-12(11)19(8-13(20)21)10-3-1-2-4-10/h5-7,10H,1-4,8H2,(H,20,21). The monoisotopic (exact) mass is 305 g/mol. The Balaban J connectivity index is 2.33. The van der Waals surface area contributed by atoms with Crippen molar-refractivity contribution in [2.24, 2.45) is 0 Å². The maximum atomic E-state index is 14.0. The molecule has 1 aliphatic carbocycles. The predicted molar refractivity (Wildman–Crippen MR) is 68.6 cm³/mol. The van der Waals surface area contributed by atoms with Gasteiger partial charge in [-0.05, 0) is 31.0 Å². The van der Waals surface area contributed by atoms with E-state index in [1.807, 2.05) is 0 Å². The minimum atomic E-state index is -4.62. The lowest BCUT2D eigenvalue weighted by atomic mass is 10.1. The smallest absolute Gasteiger partial charge is 0.416 e. The van der Waals surface area contributed by atoms with Gasteiger partial charge in [0.2, 0.25) is 0 Å². The Morgan fingerprint density at radius 1 is 1.29 bits per heavy atom. The molecule has 0 unspecified atom stereocenters. The topological polar surface area (TPSA) is 40.5 Å². The molecule has 1 N–H and O–H groups in total. The number of nitrogens with zero attached hydrogens (tertiary/aromatic N) is 1. The lowest BCUT2D eigenvalue weighted by Gasteiger charge is -2.30. The molecule has 0 radical (unpaired) electrons. The van der Waals surface area contributed by atoms with Gasteiger partial charge in [0.05, 0.1) is 11.3 Å². The van der Waals surface area contributed by atoms with Gasteiger partial charge in [-0.1, -0.05) is 12.8 Å². The van der Waals surface area contributed by atoms with Crippen molar-refractivity contribution in [2.45, 2.75) is 37.9 Å². The Morgan fingerprint density at radius 3 is 2.38 bits per heavy atom. The van der Waals surface area contributed by atoms with E-state index in [2.05, 4.69) is 0 Å². The zero-order chi connectivity index (χ0) is 15.6. The summed E-state index contributed by atoms with van der Waals surface area (Å²) in [5, 5.41) is 8.94. The van der Waals surface area contributed by atoms with Gasteiger partial charge in [-0.15, -0.1) is 0 Å². The summed E-state index contributed by atoms with van der Waals surface area (Å²) in [4.78, 5) is 12.3. The molecule has 0 aromatic heterocycles. The van der Waals surface area contributed by atoms with E-state index in [9.17, 15) is 22.4 Å². The summed E-state index contributed by atoms with van der Waals surface area (Å²) in [6.45, 7) is -0.424. The third kappa shape index (κ3) is 3.65. The van der Waals surface area contributed by atoms with Crippen molar-refractivity contribution in [3.05, 3.63) is 29.6 Å². The highest BCUT2D eigenvalue weighted by Crippen LogP contribution is 2.34. The van der Waals surface area contributed by atoms with Gasteiger partial charge >= 0.3 is 12.1 Å². The minimum absolute atomic E-state index is 0.0858. The van der Waals surface area contributed by atoms with Crippen molar-refractivity contribution in [1.29, 1.82) is 0 Å². The number of anilines is 1. The van der Waals surface area contributed by atoms with Crippen LogP contribution in [-0.4, -0.2) is 23.7 Å². The molecule has 0 atom stereocenters. The van der Waals surface area contributed by atoms with Gasteiger partial charge in [0.15, 0.2) is 0 Å². The molecule has 1 aromatic rings. The number of hydrogen-bond acceptors (Lipinski definition) is 2. The molecule has 0 heterocycles. The van der Waals surface area contributed by atoms with Crippen LogP contribution in [0.1, 0.15) is 31.2 Å². The molecular formula is C14H15F4NO2. The van der Waals surface area contributed by atoms with Crippen molar-refractivity contribution in [1.82, 2.24) is 0 Å². The summed E-state index contributed by atoms with van der Waals surface area (Å²) in [6, 6.07) is 2.06. The van der Waals surface area contributed by atoms with Crippen LogP contribution in [0.2, 0.25) is 0 Å².